The van der Waals surface area contributed by atoms with Gasteiger partial charge in [-0.25, -0.2) is 4.98 Å². The first-order chi connectivity index (χ1) is 19.5. The minimum atomic E-state index is 0.100. The molecule has 0 bridgehead atoms. The summed E-state index contributed by atoms with van der Waals surface area (Å²) in [5, 5.41) is 3.08. The third kappa shape index (κ3) is 8.45. The van der Waals surface area contributed by atoms with Crippen molar-refractivity contribution in [2.45, 2.75) is 84.6 Å². The number of aryl methyl sites for hydroxylation is 3. The molecule has 0 spiro atoms. The molecule has 1 amide bonds. The molecule has 40 heavy (non-hydrogen) atoms. The van der Waals surface area contributed by atoms with E-state index in [4.69, 9.17) is 9.72 Å². The number of hydrogen-bond acceptors (Lipinski definition) is 3. The molecule has 4 aromatic rings. The van der Waals surface area contributed by atoms with Crippen LogP contribution in [0, 0.1) is 6.92 Å². The first kappa shape index (κ1) is 29.4. The van der Waals surface area contributed by atoms with Crippen LogP contribution in [0.25, 0.3) is 11.0 Å². The van der Waals surface area contributed by atoms with Gasteiger partial charge in [-0.15, -0.1) is 0 Å². The number of nitrogens with one attached hydrogen (secondary N) is 1. The third-order valence-corrected chi connectivity index (χ3v) is 7.85. The molecule has 0 saturated heterocycles. The number of imidazole rings is 1. The molecule has 5 nitrogen and oxygen atoms in total. The van der Waals surface area contributed by atoms with Gasteiger partial charge in [0.15, 0.2) is 0 Å². The SMILES string of the molecule is CCC(C)c1ccc(OCCCCn2c(CCCCCNC(=O)Cc3ccccc3C)nc3ccccc32)cc1. The van der Waals surface area contributed by atoms with Crippen LogP contribution >= 0.6 is 0 Å². The highest BCUT2D eigenvalue weighted by atomic mass is 16.5. The van der Waals surface area contributed by atoms with Crippen LogP contribution in [-0.4, -0.2) is 28.6 Å². The maximum atomic E-state index is 12.3. The van der Waals surface area contributed by atoms with Crippen molar-refractivity contribution in [3.63, 3.8) is 0 Å². The fraction of sp³-hybridized carbons (Fsp3) is 0.429. The lowest BCUT2D eigenvalue weighted by Gasteiger charge is -2.12. The normalized spacial score (nSPS) is 12.0. The molecule has 0 aliphatic rings. The number of hydrogen-bond donors (Lipinski definition) is 1. The Morgan fingerprint density at radius 2 is 1.70 bits per heavy atom. The Morgan fingerprint density at radius 3 is 2.50 bits per heavy atom. The number of fused-ring (bicyclic) bond motifs is 1. The summed E-state index contributed by atoms with van der Waals surface area (Å²) in [6.07, 6.45) is 7.71. The largest absolute Gasteiger partial charge is 0.494 e. The number of carbonyl (C=O) groups excluding carboxylic acids is 1. The maximum absolute atomic E-state index is 12.3. The number of benzene rings is 3. The van der Waals surface area contributed by atoms with Crippen molar-refractivity contribution in [2.75, 3.05) is 13.2 Å². The van der Waals surface area contributed by atoms with Gasteiger partial charge >= 0.3 is 0 Å². The lowest BCUT2D eigenvalue weighted by Crippen LogP contribution is -2.26. The van der Waals surface area contributed by atoms with E-state index < -0.39 is 0 Å². The second-order valence-corrected chi connectivity index (χ2v) is 10.9. The van der Waals surface area contributed by atoms with E-state index >= 15 is 0 Å². The van der Waals surface area contributed by atoms with E-state index in [1.165, 1.54) is 16.6 Å². The summed E-state index contributed by atoms with van der Waals surface area (Å²) >= 11 is 0. The molecule has 0 fully saturated rings. The van der Waals surface area contributed by atoms with Crippen LogP contribution in [-0.2, 0) is 24.2 Å². The number of para-hydroxylation sites is 2. The molecule has 1 N–H and O–H groups in total. The topological polar surface area (TPSA) is 56.1 Å². The van der Waals surface area contributed by atoms with E-state index in [-0.39, 0.29) is 5.91 Å². The van der Waals surface area contributed by atoms with Gasteiger partial charge < -0.3 is 14.6 Å². The lowest BCUT2D eigenvalue weighted by molar-refractivity contribution is -0.120. The summed E-state index contributed by atoms with van der Waals surface area (Å²) < 4.78 is 8.40. The summed E-state index contributed by atoms with van der Waals surface area (Å²) in [5.74, 6) is 2.80. The van der Waals surface area contributed by atoms with Gasteiger partial charge in [0, 0.05) is 19.5 Å². The number of aromatic nitrogens is 2. The van der Waals surface area contributed by atoms with Crippen molar-refractivity contribution in [1.29, 1.82) is 0 Å². The number of unbranched alkanes of at least 4 members (excludes halogenated alkanes) is 3. The van der Waals surface area contributed by atoms with Crippen molar-refractivity contribution >= 4 is 16.9 Å². The van der Waals surface area contributed by atoms with E-state index in [0.29, 0.717) is 12.3 Å². The Hall–Kier alpha value is -3.60. The number of amides is 1. The van der Waals surface area contributed by atoms with Gasteiger partial charge in [-0.3, -0.25) is 4.79 Å². The smallest absolute Gasteiger partial charge is 0.224 e. The fourth-order valence-electron chi connectivity index (χ4n) is 5.11. The molecule has 0 aliphatic carbocycles. The monoisotopic (exact) mass is 539 g/mol. The summed E-state index contributed by atoms with van der Waals surface area (Å²) in [5.41, 5.74) is 5.92. The zero-order valence-electron chi connectivity index (χ0n) is 24.5. The predicted molar refractivity (Wildman–Crippen MR) is 165 cm³/mol. The molecule has 4 rings (SSSR count). The molecule has 5 heteroatoms. The maximum Gasteiger partial charge on any atom is 0.224 e. The number of rotatable bonds is 16. The van der Waals surface area contributed by atoms with Crippen LogP contribution in [0.3, 0.4) is 0 Å². The van der Waals surface area contributed by atoms with Gasteiger partial charge in [-0.2, -0.15) is 0 Å². The standard InChI is InChI=1S/C35H45N3O2/c1-4-27(2)29-19-21-31(22-20-29)40-25-13-12-24-38-33-17-10-9-16-32(33)37-34(38)18-6-5-11-23-36-35(39)26-30-15-8-7-14-28(30)3/h7-10,14-17,19-22,27H,4-6,11-13,18,23-26H2,1-3H3,(H,36,39). The number of nitrogens with zero attached hydrogens (tertiary/aromatic N) is 2. The molecule has 1 heterocycles. The molecule has 3 aromatic carbocycles. The van der Waals surface area contributed by atoms with Crippen LogP contribution in [0.2, 0.25) is 0 Å². The van der Waals surface area contributed by atoms with Gasteiger partial charge in [0.05, 0.1) is 24.1 Å². The summed E-state index contributed by atoms with van der Waals surface area (Å²) in [7, 11) is 0. The third-order valence-electron chi connectivity index (χ3n) is 7.85. The fourth-order valence-corrected chi connectivity index (χ4v) is 5.11. The predicted octanol–water partition coefficient (Wildman–Crippen LogP) is 7.79. The molecule has 1 aromatic heterocycles. The van der Waals surface area contributed by atoms with Crippen LogP contribution in [0.15, 0.2) is 72.8 Å². The molecular formula is C35H45N3O2. The first-order valence-electron chi connectivity index (χ1n) is 15.0. The highest BCUT2D eigenvalue weighted by molar-refractivity contribution is 5.78. The Bertz CT molecular complexity index is 1340. The molecular weight excluding hydrogens is 494 g/mol. The first-order valence-corrected chi connectivity index (χ1v) is 15.0. The van der Waals surface area contributed by atoms with Gasteiger partial charge in [0.1, 0.15) is 11.6 Å². The zero-order chi connectivity index (χ0) is 28.2. The Balaban J connectivity index is 1.18. The molecule has 1 unspecified atom stereocenters. The molecule has 0 saturated carbocycles. The van der Waals surface area contributed by atoms with Gasteiger partial charge in [-0.05, 0) is 85.9 Å². The van der Waals surface area contributed by atoms with Crippen molar-refractivity contribution in [1.82, 2.24) is 14.9 Å². The highest BCUT2D eigenvalue weighted by Gasteiger charge is 2.11. The minimum Gasteiger partial charge on any atom is -0.494 e. The molecule has 0 aliphatic heterocycles. The minimum absolute atomic E-state index is 0.100. The molecule has 0 radical (unpaired) electrons. The number of ether oxygens (including phenoxy) is 1. The summed E-state index contributed by atoms with van der Waals surface area (Å²) in [4.78, 5) is 17.3. The Labute approximate surface area is 240 Å². The van der Waals surface area contributed by atoms with E-state index in [0.717, 1.165) is 87.3 Å². The van der Waals surface area contributed by atoms with Crippen LogP contribution in [0.5, 0.6) is 5.75 Å². The van der Waals surface area contributed by atoms with Gasteiger partial charge in [0.2, 0.25) is 5.91 Å². The van der Waals surface area contributed by atoms with Crippen LogP contribution in [0.4, 0.5) is 0 Å². The van der Waals surface area contributed by atoms with Crippen LogP contribution < -0.4 is 10.1 Å². The Kier molecular flexibility index (Phi) is 11.2. The van der Waals surface area contributed by atoms with Gasteiger partial charge in [-0.1, -0.05) is 68.8 Å². The molecule has 1 atom stereocenters. The van der Waals surface area contributed by atoms with Crippen molar-refractivity contribution in [3.05, 3.63) is 95.3 Å². The van der Waals surface area contributed by atoms with E-state index in [1.54, 1.807) is 0 Å². The van der Waals surface area contributed by atoms with E-state index in [9.17, 15) is 4.79 Å². The van der Waals surface area contributed by atoms with Gasteiger partial charge in [0.25, 0.3) is 0 Å². The molecule has 212 valence electrons. The zero-order valence-corrected chi connectivity index (χ0v) is 24.5. The second-order valence-electron chi connectivity index (χ2n) is 10.9. The van der Waals surface area contributed by atoms with Crippen molar-refractivity contribution in [3.8, 4) is 5.75 Å². The average molecular weight is 540 g/mol. The average Bonchev–Trinajstić information content (AvgIpc) is 3.33. The Morgan fingerprint density at radius 1 is 0.925 bits per heavy atom. The van der Waals surface area contributed by atoms with Crippen LogP contribution in [0.1, 0.15) is 80.8 Å². The quantitative estimate of drug-likeness (QED) is 0.148. The van der Waals surface area contributed by atoms with E-state index in [2.05, 4.69) is 85.3 Å². The highest BCUT2D eigenvalue weighted by Crippen LogP contribution is 2.22. The summed E-state index contributed by atoms with van der Waals surface area (Å²) in [6, 6.07) is 25.1. The van der Waals surface area contributed by atoms with Crippen molar-refractivity contribution < 1.29 is 9.53 Å². The lowest BCUT2D eigenvalue weighted by atomic mass is 9.99. The van der Waals surface area contributed by atoms with Crippen molar-refractivity contribution in [2.24, 2.45) is 0 Å². The summed E-state index contributed by atoms with van der Waals surface area (Å²) in [6.45, 7) is 8.93. The van der Waals surface area contributed by atoms with E-state index in [1.807, 2.05) is 18.2 Å². The number of carbonyl (C=O) groups is 1. The second kappa shape index (κ2) is 15.3.